The molecule has 2 aromatic rings. The largest absolute Gasteiger partial charge is 0.341 e. The van der Waals surface area contributed by atoms with E-state index in [-0.39, 0.29) is 30.7 Å². The van der Waals surface area contributed by atoms with E-state index in [9.17, 15) is 4.79 Å². The first-order chi connectivity index (χ1) is 13.0. The van der Waals surface area contributed by atoms with E-state index in [4.69, 9.17) is 5.73 Å². The molecule has 0 aliphatic carbocycles. The Morgan fingerprint density at radius 2 is 1.55 bits per heavy atom. The van der Waals surface area contributed by atoms with Crippen LogP contribution in [0.1, 0.15) is 30.9 Å². The Labute approximate surface area is 187 Å². The zero-order valence-electron chi connectivity index (χ0n) is 17.3. The summed E-state index contributed by atoms with van der Waals surface area (Å²) in [6, 6.07) is 20.2. The van der Waals surface area contributed by atoms with Crippen molar-refractivity contribution in [3.05, 3.63) is 71.8 Å². The second kappa shape index (κ2) is 11.6. The number of nitrogens with zero attached hydrogens (tertiary/aromatic N) is 2. The van der Waals surface area contributed by atoms with Crippen molar-refractivity contribution in [2.75, 3.05) is 26.7 Å². The Kier molecular flexibility index (Phi) is 10.1. The lowest BCUT2D eigenvalue weighted by molar-refractivity contribution is -0.138. The number of nitrogens with two attached hydrogens (primary N) is 1. The summed E-state index contributed by atoms with van der Waals surface area (Å²) in [5, 5.41) is 0. The van der Waals surface area contributed by atoms with Gasteiger partial charge in [0, 0.05) is 26.2 Å². The van der Waals surface area contributed by atoms with Crippen molar-refractivity contribution in [2.24, 2.45) is 11.7 Å². The maximum atomic E-state index is 13.0. The summed E-state index contributed by atoms with van der Waals surface area (Å²) in [7, 11) is 2.18. The van der Waals surface area contributed by atoms with Gasteiger partial charge in [-0.2, -0.15) is 0 Å². The van der Waals surface area contributed by atoms with E-state index in [2.05, 4.69) is 42.3 Å². The molecule has 3 rings (SSSR count). The normalized spacial score (nSPS) is 16.5. The van der Waals surface area contributed by atoms with Gasteiger partial charge < -0.3 is 15.5 Å². The fourth-order valence-corrected chi connectivity index (χ4v) is 3.96. The van der Waals surface area contributed by atoms with Crippen LogP contribution in [0, 0.1) is 5.92 Å². The fourth-order valence-electron chi connectivity index (χ4n) is 3.96. The molecule has 1 amide bonds. The number of hydrogen-bond donors (Lipinski definition) is 1. The van der Waals surface area contributed by atoms with E-state index >= 15 is 0 Å². The highest BCUT2D eigenvalue weighted by Crippen LogP contribution is 2.25. The summed E-state index contributed by atoms with van der Waals surface area (Å²) >= 11 is 0. The summed E-state index contributed by atoms with van der Waals surface area (Å²) in [5.74, 6) is 0.660. The van der Waals surface area contributed by atoms with Gasteiger partial charge in [-0.3, -0.25) is 4.79 Å². The minimum atomic E-state index is -0.960. The summed E-state index contributed by atoms with van der Waals surface area (Å²) in [5.41, 5.74) is 7.67. The molecule has 2 N–H and O–H groups in total. The van der Waals surface area contributed by atoms with Gasteiger partial charge in [0.05, 0.1) is 0 Å². The molecule has 1 aliphatic heterocycles. The molecule has 2 aromatic carbocycles. The molecule has 1 atom stereocenters. The number of carbonyl (C=O) groups is 1. The number of rotatable bonds is 6. The third-order valence-corrected chi connectivity index (χ3v) is 5.58. The molecule has 160 valence electrons. The summed E-state index contributed by atoms with van der Waals surface area (Å²) in [6.07, 6.45) is 2.07. The van der Waals surface area contributed by atoms with Crippen LogP contribution in [0.4, 0.5) is 0 Å². The van der Waals surface area contributed by atoms with Crippen molar-refractivity contribution in [2.45, 2.75) is 31.8 Å². The Morgan fingerprint density at radius 1 is 1.03 bits per heavy atom. The number of piperidine rings is 1. The van der Waals surface area contributed by atoms with E-state index in [1.54, 1.807) is 0 Å². The van der Waals surface area contributed by atoms with Gasteiger partial charge in [-0.1, -0.05) is 60.7 Å². The highest BCUT2D eigenvalue weighted by atomic mass is 35.5. The molecule has 1 fully saturated rings. The number of benzene rings is 2. The van der Waals surface area contributed by atoms with E-state index < -0.39 is 5.54 Å². The molecule has 29 heavy (non-hydrogen) atoms. The quantitative estimate of drug-likeness (QED) is 0.740. The third kappa shape index (κ3) is 6.71. The highest BCUT2D eigenvalue weighted by Gasteiger charge is 2.36. The average Bonchev–Trinajstić information content (AvgIpc) is 2.69. The fraction of sp³-hybridized carbons (Fsp3) is 0.435. The molecule has 0 aromatic heterocycles. The highest BCUT2D eigenvalue weighted by molar-refractivity contribution is 5.87. The Morgan fingerprint density at radius 3 is 2.10 bits per heavy atom. The van der Waals surface area contributed by atoms with Crippen LogP contribution >= 0.6 is 24.8 Å². The molecule has 0 saturated carbocycles. The zero-order valence-corrected chi connectivity index (χ0v) is 18.9. The molecule has 4 nitrogen and oxygen atoms in total. The van der Waals surface area contributed by atoms with Crippen LogP contribution in [0.3, 0.4) is 0 Å². The smallest absolute Gasteiger partial charge is 0.246 e. The summed E-state index contributed by atoms with van der Waals surface area (Å²) in [4.78, 5) is 17.3. The van der Waals surface area contributed by atoms with Crippen LogP contribution in [-0.2, 0) is 16.9 Å². The predicted molar refractivity (Wildman–Crippen MR) is 125 cm³/mol. The second-order valence-electron chi connectivity index (χ2n) is 7.99. The predicted octanol–water partition coefficient (Wildman–Crippen LogP) is 4.07. The van der Waals surface area contributed by atoms with Crippen molar-refractivity contribution >= 4 is 30.7 Å². The third-order valence-electron chi connectivity index (χ3n) is 5.58. The van der Waals surface area contributed by atoms with Crippen molar-refractivity contribution in [1.82, 2.24) is 9.80 Å². The molecule has 0 bridgehead atoms. The molecular formula is C23H33Cl2N3O. The lowest BCUT2D eigenvalue weighted by atomic mass is 9.89. The molecule has 0 spiro atoms. The molecule has 1 unspecified atom stereocenters. The maximum absolute atomic E-state index is 13.0. The molecule has 0 radical (unpaired) electrons. The van der Waals surface area contributed by atoms with Crippen molar-refractivity contribution in [3.8, 4) is 0 Å². The Bertz CT molecular complexity index is 732. The van der Waals surface area contributed by atoms with Crippen LogP contribution < -0.4 is 5.73 Å². The monoisotopic (exact) mass is 437 g/mol. The van der Waals surface area contributed by atoms with E-state index in [1.165, 1.54) is 5.56 Å². The molecule has 1 saturated heterocycles. The lowest BCUT2D eigenvalue weighted by Crippen LogP contribution is -2.53. The van der Waals surface area contributed by atoms with Crippen LogP contribution in [0.25, 0.3) is 0 Å². The van der Waals surface area contributed by atoms with E-state index in [0.717, 1.165) is 44.6 Å². The van der Waals surface area contributed by atoms with Gasteiger partial charge in [0.1, 0.15) is 5.54 Å². The van der Waals surface area contributed by atoms with Gasteiger partial charge >= 0.3 is 0 Å². The number of hydrogen-bond acceptors (Lipinski definition) is 3. The number of likely N-dealkylation sites (tertiary alicyclic amines) is 1. The number of amides is 1. The van der Waals surface area contributed by atoms with Crippen LogP contribution in [-0.4, -0.2) is 42.4 Å². The second-order valence-corrected chi connectivity index (χ2v) is 7.99. The van der Waals surface area contributed by atoms with Gasteiger partial charge in [-0.25, -0.2) is 0 Å². The number of halogens is 2. The summed E-state index contributed by atoms with van der Waals surface area (Å²) in [6.45, 7) is 5.44. The molecule has 6 heteroatoms. The van der Waals surface area contributed by atoms with Crippen LogP contribution in [0.5, 0.6) is 0 Å². The lowest BCUT2D eigenvalue weighted by Gasteiger charge is -2.38. The minimum absolute atomic E-state index is 0. The first-order valence-electron chi connectivity index (χ1n) is 9.83. The van der Waals surface area contributed by atoms with E-state index in [1.807, 2.05) is 42.2 Å². The van der Waals surface area contributed by atoms with Gasteiger partial charge in [0.25, 0.3) is 0 Å². The molecule has 1 heterocycles. The van der Waals surface area contributed by atoms with Crippen molar-refractivity contribution < 1.29 is 4.79 Å². The minimum Gasteiger partial charge on any atom is -0.341 e. The van der Waals surface area contributed by atoms with Gasteiger partial charge in [-0.05, 0) is 43.9 Å². The van der Waals surface area contributed by atoms with E-state index in [0.29, 0.717) is 5.92 Å². The SMILES string of the molecule is CN(Cc1ccccc1)CC1CCN(C(=O)C(C)(N)c2ccccc2)CC1.Cl.Cl. The Hall–Kier alpha value is -1.59. The summed E-state index contributed by atoms with van der Waals surface area (Å²) < 4.78 is 0. The van der Waals surface area contributed by atoms with Crippen LogP contribution in [0.2, 0.25) is 0 Å². The molecular weight excluding hydrogens is 405 g/mol. The Balaban J connectivity index is 0.00000210. The molecule has 1 aliphatic rings. The van der Waals surface area contributed by atoms with Gasteiger partial charge in [0.15, 0.2) is 0 Å². The first-order valence-corrected chi connectivity index (χ1v) is 9.83. The van der Waals surface area contributed by atoms with Gasteiger partial charge in [-0.15, -0.1) is 24.8 Å². The number of carbonyl (C=O) groups excluding carboxylic acids is 1. The first kappa shape index (κ1) is 25.4. The van der Waals surface area contributed by atoms with Gasteiger partial charge in [0.2, 0.25) is 5.91 Å². The van der Waals surface area contributed by atoms with Crippen molar-refractivity contribution in [3.63, 3.8) is 0 Å². The van der Waals surface area contributed by atoms with Crippen molar-refractivity contribution in [1.29, 1.82) is 0 Å². The topological polar surface area (TPSA) is 49.6 Å². The maximum Gasteiger partial charge on any atom is 0.246 e. The standard InChI is InChI=1S/C23H31N3O.2ClH/c1-23(24,21-11-7-4-8-12-21)22(27)26-15-13-20(14-16-26)18-25(2)17-19-9-5-3-6-10-19;;/h3-12,20H,13-18,24H2,1-2H3;2*1H. The zero-order chi connectivity index (χ0) is 19.3. The average molecular weight is 438 g/mol. The van der Waals surface area contributed by atoms with Crippen LogP contribution in [0.15, 0.2) is 60.7 Å².